The summed E-state index contributed by atoms with van der Waals surface area (Å²) in [5, 5.41) is 0.261. The Morgan fingerprint density at radius 1 is 1.29 bits per heavy atom. The minimum absolute atomic E-state index is 0.0802. The van der Waals surface area contributed by atoms with Gasteiger partial charge in [0.15, 0.2) is 0 Å². The Morgan fingerprint density at radius 3 is 2.68 bits per heavy atom. The van der Waals surface area contributed by atoms with Gasteiger partial charge in [-0.15, -0.1) is 24.5 Å². The van der Waals surface area contributed by atoms with E-state index in [4.69, 9.17) is 4.74 Å². The largest absolute Gasteiger partial charge is 0.573 e. The van der Waals surface area contributed by atoms with Crippen molar-refractivity contribution < 1.29 is 27.4 Å². The van der Waals surface area contributed by atoms with Crippen LogP contribution in [0.25, 0.3) is 10.2 Å². The monoisotopic (exact) mass is 412 g/mol. The highest BCUT2D eigenvalue weighted by atomic mass is 32.1. The highest BCUT2D eigenvalue weighted by molar-refractivity contribution is 7.20. The number of fused-ring (bicyclic) bond motifs is 1. The molecule has 3 rings (SSSR count). The van der Waals surface area contributed by atoms with Gasteiger partial charge in [-0.2, -0.15) is 0 Å². The summed E-state index contributed by atoms with van der Waals surface area (Å²) in [5.74, 6) is -0.757. The fourth-order valence-corrected chi connectivity index (χ4v) is 3.81. The van der Waals surface area contributed by atoms with Gasteiger partial charge in [-0.3, -0.25) is 4.79 Å². The van der Waals surface area contributed by atoms with Gasteiger partial charge in [0.25, 0.3) is 5.56 Å². The van der Waals surface area contributed by atoms with E-state index in [1.807, 2.05) is 0 Å². The van der Waals surface area contributed by atoms with E-state index in [2.05, 4.69) is 14.7 Å². The number of carbonyl (C=O) groups excluding carboxylic acids is 1. The quantitative estimate of drug-likeness (QED) is 0.642. The number of benzene rings is 1. The molecular formula is C18H15F3N2O4S. The molecule has 0 aliphatic carbocycles. The minimum atomic E-state index is -4.83. The van der Waals surface area contributed by atoms with E-state index in [1.54, 1.807) is 19.9 Å². The fourth-order valence-electron chi connectivity index (χ4n) is 2.72. The number of H-pyrrole nitrogens is 1. The van der Waals surface area contributed by atoms with Crippen molar-refractivity contribution in [3.8, 4) is 5.75 Å². The van der Waals surface area contributed by atoms with Gasteiger partial charge in [0, 0.05) is 12.0 Å². The number of carbonyl (C=O) groups is 1. The molecule has 0 radical (unpaired) electrons. The topological polar surface area (TPSA) is 81.3 Å². The Kier molecular flexibility index (Phi) is 5.41. The molecule has 148 valence electrons. The number of nitrogens with one attached hydrogen (secondary N) is 1. The van der Waals surface area contributed by atoms with Gasteiger partial charge >= 0.3 is 12.3 Å². The maximum atomic E-state index is 12.6. The third-order valence-corrected chi connectivity index (χ3v) is 5.03. The van der Waals surface area contributed by atoms with E-state index in [-0.39, 0.29) is 40.4 Å². The molecule has 0 unspecified atom stereocenters. The van der Waals surface area contributed by atoms with Crippen LogP contribution in [0.3, 0.4) is 0 Å². The van der Waals surface area contributed by atoms with Crippen molar-refractivity contribution in [2.24, 2.45) is 0 Å². The van der Waals surface area contributed by atoms with Gasteiger partial charge in [0.2, 0.25) is 0 Å². The fraction of sp³-hybridized carbons (Fsp3) is 0.278. The number of hydrogen-bond acceptors (Lipinski definition) is 6. The van der Waals surface area contributed by atoms with Crippen LogP contribution < -0.4 is 10.3 Å². The van der Waals surface area contributed by atoms with Gasteiger partial charge in [-0.05, 0) is 25.5 Å². The molecule has 2 heterocycles. The number of aromatic amines is 1. The minimum Gasteiger partial charge on any atom is -0.462 e. The molecular weight excluding hydrogens is 397 g/mol. The molecule has 0 bridgehead atoms. The lowest BCUT2D eigenvalue weighted by Crippen LogP contribution is -2.18. The number of para-hydroxylation sites is 1. The number of ether oxygens (including phenoxy) is 2. The van der Waals surface area contributed by atoms with Gasteiger partial charge in [0.05, 0.1) is 12.0 Å². The molecule has 28 heavy (non-hydrogen) atoms. The van der Waals surface area contributed by atoms with Crippen molar-refractivity contribution in [2.75, 3.05) is 6.61 Å². The van der Waals surface area contributed by atoms with Crippen molar-refractivity contribution in [3.05, 3.63) is 56.4 Å². The second kappa shape index (κ2) is 7.63. The van der Waals surface area contributed by atoms with Crippen LogP contribution in [0.1, 0.15) is 33.5 Å². The number of aryl methyl sites for hydroxylation is 1. The first-order chi connectivity index (χ1) is 13.2. The van der Waals surface area contributed by atoms with E-state index in [9.17, 15) is 22.8 Å². The molecule has 0 saturated heterocycles. The van der Waals surface area contributed by atoms with Crippen molar-refractivity contribution in [3.63, 3.8) is 0 Å². The van der Waals surface area contributed by atoms with Crippen molar-refractivity contribution >= 4 is 27.5 Å². The van der Waals surface area contributed by atoms with Gasteiger partial charge in [-0.25, -0.2) is 9.78 Å². The summed E-state index contributed by atoms with van der Waals surface area (Å²) in [6.45, 7) is 3.48. The van der Waals surface area contributed by atoms with E-state index >= 15 is 0 Å². The van der Waals surface area contributed by atoms with Gasteiger partial charge in [-0.1, -0.05) is 18.2 Å². The number of rotatable bonds is 5. The number of thiophene rings is 1. The van der Waals surface area contributed by atoms with Crippen LogP contribution in [0.15, 0.2) is 29.1 Å². The summed E-state index contributed by atoms with van der Waals surface area (Å²) >= 11 is 1.01. The molecule has 6 nitrogen and oxygen atoms in total. The molecule has 10 heteroatoms. The molecule has 0 saturated carbocycles. The van der Waals surface area contributed by atoms with Crippen LogP contribution in [-0.2, 0) is 11.2 Å². The first-order valence-corrected chi connectivity index (χ1v) is 9.04. The first kappa shape index (κ1) is 19.9. The SMILES string of the molecule is CCOC(=O)c1sc2nc(Cc3ccccc3OC(F)(F)F)[nH]c(=O)c2c1C. The Balaban J connectivity index is 2.00. The zero-order valence-corrected chi connectivity index (χ0v) is 15.7. The molecule has 0 aliphatic heterocycles. The summed E-state index contributed by atoms with van der Waals surface area (Å²) in [4.78, 5) is 32.0. The molecule has 1 N–H and O–H groups in total. The third-order valence-electron chi connectivity index (χ3n) is 3.87. The average molecular weight is 412 g/mol. The second-order valence-electron chi connectivity index (χ2n) is 5.80. The van der Waals surface area contributed by atoms with Gasteiger partial charge < -0.3 is 14.5 Å². The number of halogens is 3. The summed E-state index contributed by atoms with van der Waals surface area (Å²) in [5.41, 5.74) is 0.194. The first-order valence-electron chi connectivity index (χ1n) is 8.22. The molecule has 1 aromatic carbocycles. The third kappa shape index (κ3) is 4.16. The van der Waals surface area contributed by atoms with E-state index in [0.717, 1.165) is 11.3 Å². The highest BCUT2D eigenvalue weighted by Crippen LogP contribution is 2.30. The van der Waals surface area contributed by atoms with E-state index < -0.39 is 17.9 Å². The normalized spacial score (nSPS) is 11.6. The predicted octanol–water partition coefficient (Wildman–Crippen LogP) is 3.96. The number of esters is 1. The summed E-state index contributed by atoms with van der Waals surface area (Å²) < 4.78 is 46.7. The van der Waals surface area contributed by atoms with E-state index in [0.29, 0.717) is 10.4 Å². The van der Waals surface area contributed by atoms with Crippen LogP contribution in [0, 0.1) is 6.92 Å². The Morgan fingerprint density at radius 2 is 2.00 bits per heavy atom. The second-order valence-corrected chi connectivity index (χ2v) is 6.80. The highest BCUT2D eigenvalue weighted by Gasteiger charge is 2.32. The zero-order chi connectivity index (χ0) is 20.5. The number of hydrogen-bond donors (Lipinski definition) is 1. The lowest BCUT2D eigenvalue weighted by Gasteiger charge is -2.12. The Hall–Kier alpha value is -2.88. The zero-order valence-electron chi connectivity index (χ0n) is 14.8. The Labute approximate surface area is 160 Å². The number of nitrogens with zero attached hydrogens (tertiary/aromatic N) is 1. The summed E-state index contributed by atoms with van der Waals surface area (Å²) in [6, 6.07) is 5.62. The van der Waals surface area contributed by atoms with Gasteiger partial charge in [0.1, 0.15) is 21.3 Å². The summed E-state index contributed by atoms with van der Waals surface area (Å²) in [7, 11) is 0. The van der Waals surface area contributed by atoms with Crippen LogP contribution in [-0.4, -0.2) is 28.9 Å². The van der Waals surface area contributed by atoms with Crippen LogP contribution in [0.4, 0.5) is 13.2 Å². The molecule has 0 aliphatic rings. The van der Waals surface area contributed by atoms with Crippen LogP contribution in [0.5, 0.6) is 5.75 Å². The smallest absolute Gasteiger partial charge is 0.462 e. The lowest BCUT2D eigenvalue weighted by molar-refractivity contribution is -0.274. The lowest BCUT2D eigenvalue weighted by atomic mass is 10.1. The maximum absolute atomic E-state index is 12.6. The molecule has 0 amide bonds. The molecule has 0 spiro atoms. The molecule has 2 aromatic heterocycles. The standard InChI is InChI=1S/C18H15F3N2O4S/c1-3-26-17(25)14-9(2)13-15(24)22-12(23-16(13)28-14)8-10-6-4-5-7-11(10)27-18(19,20)21/h4-7H,3,8H2,1-2H3,(H,22,23,24). The summed E-state index contributed by atoms with van der Waals surface area (Å²) in [6.07, 6.45) is -4.91. The van der Waals surface area contributed by atoms with Crippen LogP contribution >= 0.6 is 11.3 Å². The molecule has 0 atom stereocenters. The molecule has 0 fully saturated rings. The van der Waals surface area contributed by atoms with Crippen molar-refractivity contribution in [1.82, 2.24) is 9.97 Å². The number of aromatic nitrogens is 2. The van der Waals surface area contributed by atoms with Crippen molar-refractivity contribution in [2.45, 2.75) is 26.6 Å². The Bertz CT molecular complexity index is 1090. The predicted molar refractivity (Wildman–Crippen MR) is 96.9 cm³/mol. The van der Waals surface area contributed by atoms with Crippen molar-refractivity contribution in [1.29, 1.82) is 0 Å². The average Bonchev–Trinajstić information content (AvgIpc) is 2.93. The maximum Gasteiger partial charge on any atom is 0.573 e. The molecule has 3 aromatic rings. The van der Waals surface area contributed by atoms with E-state index in [1.165, 1.54) is 18.2 Å². The van der Waals surface area contributed by atoms with Crippen LogP contribution in [0.2, 0.25) is 0 Å². The number of alkyl halides is 3.